The molecule has 106 valence electrons. The SMILES string of the molecule is NC(=O)c1ccc(N)cc1N1CCN2C(=O)NCC2C1. The van der Waals surface area contributed by atoms with Crippen molar-refractivity contribution in [1.29, 1.82) is 0 Å². The molecule has 1 unspecified atom stereocenters. The maximum atomic E-state index is 11.6. The first-order valence-electron chi connectivity index (χ1n) is 6.55. The minimum atomic E-state index is -0.469. The number of nitrogens with two attached hydrogens (primary N) is 2. The van der Waals surface area contributed by atoms with Crippen molar-refractivity contribution in [2.45, 2.75) is 6.04 Å². The van der Waals surface area contributed by atoms with E-state index >= 15 is 0 Å². The van der Waals surface area contributed by atoms with Crippen LogP contribution in [0.15, 0.2) is 18.2 Å². The van der Waals surface area contributed by atoms with Crippen LogP contribution in [-0.4, -0.2) is 49.1 Å². The highest BCUT2D eigenvalue weighted by atomic mass is 16.2. The summed E-state index contributed by atoms with van der Waals surface area (Å²) in [5.41, 5.74) is 13.0. The number of rotatable bonds is 2. The van der Waals surface area contributed by atoms with E-state index in [-0.39, 0.29) is 12.1 Å². The fraction of sp³-hybridized carbons (Fsp3) is 0.385. The first-order valence-corrected chi connectivity index (χ1v) is 6.55. The number of hydrogen-bond acceptors (Lipinski definition) is 4. The quantitative estimate of drug-likeness (QED) is 0.638. The summed E-state index contributed by atoms with van der Waals surface area (Å²) < 4.78 is 0. The van der Waals surface area contributed by atoms with E-state index in [0.29, 0.717) is 37.4 Å². The Kier molecular flexibility index (Phi) is 2.89. The van der Waals surface area contributed by atoms with Gasteiger partial charge in [0.15, 0.2) is 0 Å². The normalized spacial score (nSPS) is 21.6. The van der Waals surface area contributed by atoms with Crippen LogP contribution < -0.4 is 21.7 Å². The van der Waals surface area contributed by atoms with Crippen LogP contribution in [0.25, 0.3) is 0 Å². The summed E-state index contributed by atoms with van der Waals surface area (Å²) in [4.78, 5) is 27.0. The Morgan fingerprint density at radius 1 is 1.35 bits per heavy atom. The van der Waals surface area contributed by atoms with Crippen molar-refractivity contribution in [3.63, 3.8) is 0 Å². The van der Waals surface area contributed by atoms with Crippen molar-refractivity contribution in [1.82, 2.24) is 10.2 Å². The number of nitrogen functional groups attached to an aromatic ring is 1. The van der Waals surface area contributed by atoms with Gasteiger partial charge in [0.1, 0.15) is 0 Å². The third-order valence-electron chi connectivity index (χ3n) is 3.86. The first-order chi connectivity index (χ1) is 9.56. The number of hydrogen-bond donors (Lipinski definition) is 3. The zero-order chi connectivity index (χ0) is 14.3. The second-order valence-corrected chi connectivity index (χ2v) is 5.12. The maximum Gasteiger partial charge on any atom is 0.317 e. The predicted molar refractivity (Wildman–Crippen MR) is 75.5 cm³/mol. The van der Waals surface area contributed by atoms with Gasteiger partial charge in [-0.3, -0.25) is 4.79 Å². The highest BCUT2D eigenvalue weighted by molar-refractivity contribution is 5.99. The highest BCUT2D eigenvalue weighted by Crippen LogP contribution is 2.26. The number of anilines is 2. The molecule has 1 aromatic carbocycles. The number of carbonyl (C=O) groups excluding carboxylic acids is 2. The molecule has 2 saturated heterocycles. The standard InChI is InChI=1S/C13H17N5O2/c14-8-1-2-10(12(15)19)11(5-8)17-3-4-18-9(7-17)6-16-13(18)20/h1-2,5,9H,3-4,6-7,14H2,(H2,15,19)(H,16,20). The molecule has 1 aromatic rings. The lowest BCUT2D eigenvalue weighted by molar-refractivity contribution is 0.100. The lowest BCUT2D eigenvalue weighted by atomic mass is 10.1. The van der Waals surface area contributed by atoms with Gasteiger partial charge < -0.3 is 26.6 Å². The molecular formula is C13H17N5O2. The Morgan fingerprint density at radius 2 is 2.15 bits per heavy atom. The van der Waals surface area contributed by atoms with E-state index in [1.165, 1.54) is 0 Å². The predicted octanol–water partition coefficient (Wildman–Crippen LogP) is -0.418. The van der Waals surface area contributed by atoms with E-state index in [0.717, 1.165) is 5.69 Å². The summed E-state index contributed by atoms with van der Waals surface area (Å²) in [7, 11) is 0. The number of benzene rings is 1. The number of nitrogens with one attached hydrogen (secondary N) is 1. The van der Waals surface area contributed by atoms with Gasteiger partial charge in [-0.2, -0.15) is 0 Å². The topological polar surface area (TPSA) is 105 Å². The van der Waals surface area contributed by atoms with E-state index < -0.39 is 5.91 Å². The molecule has 2 fully saturated rings. The van der Waals surface area contributed by atoms with Crippen LogP contribution in [0, 0.1) is 0 Å². The van der Waals surface area contributed by atoms with Crippen LogP contribution in [-0.2, 0) is 0 Å². The van der Waals surface area contributed by atoms with E-state index in [1.807, 2.05) is 4.90 Å². The van der Waals surface area contributed by atoms with Gasteiger partial charge in [0.05, 0.1) is 17.3 Å². The largest absolute Gasteiger partial charge is 0.399 e. The number of fused-ring (bicyclic) bond motifs is 1. The van der Waals surface area contributed by atoms with E-state index in [4.69, 9.17) is 11.5 Å². The summed E-state index contributed by atoms with van der Waals surface area (Å²) in [6.45, 7) is 2.59. The van der Waals surface area contributed by atoms with Gasteiger partial charge in [0, 0.05) is 31.9 Å². The fourth-order valence-electron chi connectivity index (χ4n) is 2.84. The van der Waals surface area contributed by atoms with Crippen LogP contribution in [0.1, 0.15) is 10.4 Å². The van der Waals surface area contributed by atoms with Gasteiger partial charge >= 0.3 is 6.03 Å². The lowest BCUT2D eigenvalue weighted by Gasteiger charge is -2.38. The summed E-state index contributed by atoms with van der Waals surface area (Å²) in [6.07, 6.45) is 0. The molecule has 0 aromatic heterocycles. The maximum absolute atomic E-state index is 11.6. The zero-order valence-corrected chi connectivity index (χ0v) is 11.0. The second-order valence-electron chi connectivity index (χ2n) is 5.12. The molecule has 0 spiro atoms. The van der Waals surface area contributed by atoms with E-state index in [1.54, 1.807) is 18.2 Å². The molecule has 2 aliphatic heterocycles. The first kappa shape index (κ1) is 12.6. The molecule has 0 saturated carbocycles. The number of primary amides is 1. The van der Waals surface area contributed by atoms with Crippen LogP contribution >= 0.6 is 0 Å². The van der Waals surface area contributed by atoms with Crippen molar-refractivity contribution < 1.29 is 9.59 Å². The summed E-state index contributed by atoms with van der Waals surface area (Å²) in [6, 6.07) is 5.19. The van der Waals surface area contributed by atoms with Gasteiger partial charge in [0.2, 0.25) is 0 Å². The molecule has 1 atom stereocenters. The second kappa shape index (κ2) is 4.59. The molecule has 7 nitrogen and oxygen atoms in total. The minimum absolute atomic E-state index is 0.0163. The van der Waals surface area contributed by atoms with Crippen molar-refractivity contribution in [3.05, 3.63) is 23.8 Å². The van der Waals surface area contributed by atoms with Gasteiger partial charge in [-0.25, -0.2) is 4.79 Å². The minimum Gasteiger partial charge on any atom is -0.399 e. The summed E-state index contributed by atoms with van der Waals surface area (Å²) in [5, 5.41) is 2.83. The Morgan fingerprint density at radius 3 is 2.90 bits per heavy atom. The van der Waals surface area contributed by atoms with Gasteiger partial charge in [-0.05, 0) is 18.2 Å². The molecule has 7 heteroatoms. The summed E-state index contributed by atoms with van der Waals surface area (Å²) in [5.74, 6) is -0.469. The van der Waals surface area contributed by atoms with Crippen molar-refractivity contribution >= 4 is 23.3 Å². The van der Waals surface area contributed by atoms with E-state index in [9.17, 15) is 9.59 Å². The number of carbonyl (C=O) groups is 2. The number of nitrogens with zero attached hydrogens (tertiary/aromatic N) is 2. The molecule has 20 heavy (non-hydrogen) atoms. The van der Waals surface area contributed by atoms with Crippen molar-refractivity contribution in [2.24, 2.45) is 5.73 Å². The Balaban J connectivity index is 1.89. The zero-order valence-electron chi connectivity index (χ0n) is 11.0. The number of piperazine rings is 1. The van der Waals surface area contributed by atoms with Crippen LogP contribution in [0.5, 0.6) is 0 Å². The average molecular weight is 275 g/mol. The molecular weight excluding hydrogens is 258 g/mol. The van der Waals surface area contributed by atoms with Gasteiger partial charge in [-0.1, -0.05) is 0 Å². The third kappa shape index (κ3) is 2.01. The Bertz CT molecular complexity index is 574. The average Bonchev–Trinajstić information content (AvgIpc) is 2.79. The van der Waals surface area contributed by atoms with Gasteiger partial charge in [0.25, 0.3) is 5.91 Å². The Labute approximate surface area is 116 Å². The molecule has 2 heterocycles. The third-order valence-corrected chi connectivity index (χ3v) is 3.86. The van der Waals surface area contributed by atoms with Crippen molar-refractivity contribution in [2.75, 3.05) is 36.8 Å². The van der Waals surface area contributed by atoms with Crippen LogP contribution in [0.3, 0.4) is 0 Å². The molecule has 3 rings (SSSR count). The molecule has 5 N–H and O–H groups in total. The number of amides is 3. The summed E-state index contributed by atoms with van der Waals surface area (Å²) >= 11 is 0. The van der Waals surface area contributed by atoms with Crippen LogP contribution in [0.4, 0.5) is 16.2 Å². The van der Waals surface area contributed by atoms with Crippen molar-refractivity contribution in [3.8, 4) is 0 Å². The highest BCUT2D eigenvalue weighted by Gasteiger charge is 2.36. The molecule has 3 amide bonds. The van der Waals surface area contributed by atoms with Crippen LogP contribution in [0.2, 0.25) is 0 Å². The number of urea groups is 1. The smallest absolute Gasteiger partial charge is 0.317 e. The molecule has 0 radical (unpaired) electrons. The Hall–Kier alpha value is -2.44. The monoisotopic (exact) mass is 275 g/mol. The molecule has 0 aliphatic carbocycles. The van der Waals surface area contributed by atoms with Gasteiger partial charge in [-0.15, -0.1) is 0 Å². The fourth-order valence-corrected chi connectivity index (χ4v) is 2.84. The molecule has 0 bridgehead atoms. The lowest BCUT2D eigenvalue weighted by Crippen LogP contribution is -2.52. The van der Waals surface area contributed by atoms with E-state index in [2.05, 4.69) is 10.2 Å². The molecule has 2 aliphatic rings.